The van der Waals surface area contributed by atoms with Crippen LogP contribution in [0.25, 0.3) is 0 Å². The number of carbonyl (C=O) groups excluding carboxylic acids is 2. The van der Waals surface area contributed by atoms with Gasteiger partial charge in [-0.05, 0) is 25.5 Å². The van der Waals surface area contributed by atoms with Gasteiger partial charge in [-0.15, -0.1) is 0 Å². The molecule has 3 aliphatic rings. The summed E-state index contributed by atoms with van der Waals surface area (Å²) in [6.07, 6.45) is 1.87. The van der Waals surface area contributed by atoms with Gasteiger partial charge in [0.2, 0.25) is 0 Å². The summed E-state index contributed by atoms with van der Waals surface area (Å²) in [7, 11) is 0. The first-order chi connectivity index (χ1) is 12.6. The average molecular weight is 376 g/mol. The molecule has 3 aliphatic heterocycles. The number of epoxide rings is 1. The zero-order chi connectivity index (χ0) is 19.9. The number of allylic oxidation sites excluding steroid dienone is 1. The van der Waals surface area contributed by atoms with Crippen LogP contribution >= 0.6 is 0 Å². The van der Waals surface area contributed by atoms with Gasteiger partial charge in [0.1, 0.15) is 18.6 Å². The predicted octanol–water partition coefficient (Wildman–Crippen LogP) is 2.47. The fourth-order valence-electron chi connectivity index (χ4n) is 3.64. The molecule has 0 unspecified atom stereocenters. The topological polar surface area (TPSA) is 85.4 Å². The van der Waals surface area contributed by atoms with E-state index in [4.69, 9.17) is 14.2 Å². The summed E-state index contributed by atoms with van der Waals surface area (Å²) in [5.41, 5.74) is 1.62. The first-order valence-corrected chi connectivity index (χ1v) is 9.40. The first kappa shape index (κ1) is 20.0. The summed E-state index contributed by atoms with van der Waals surface area (Å²) < 4.78 is 17.1. The van der Waals surface area contributed by atoms with Crippen LogP contribution in [0.3, 0.4) is 0 Å². The monoisotopic (exact) mass is 376 g/mol. The second-order valence-corrected chi connectivity index (χ2v) is 8.02. The van der Waals surface area contributed by atoms with E-state index >= 15 is 0 Å². The summed E-state index contributed by atoms with van der Waals surface area (Å²) in [6, 6.07) is 0. The highest BCUT2D eigenvalue weighted by molar-refractivity contribution is 5.90. The van der Waals surface area contributed by atoms with E-state index in [2.05, 4.69) is 13.2 Å². The SMILES string of the molecule is C=C(C)[C@H](C)[C@H]1/C=C/C(=O)C[C@H]2O[C@@H]2[C@H]2CC(=C)[C@H](C)[C@@](O)(CC(=O)O1)O2. The van der Waals surface area contributed by atoms with E-state index in [0.717, 1.165) is 11.1 Å². The summed E-state index contributed by atoms with van der Waals surface area (Å²) >= 11 is 0. The number of cyclic esters (lactones) is 1. The van der Waals surface area contributed by atoms with Crippen molar-refractivity contribution in [3.63, 3.8) is 0 Å². The van der Waals surface area contributed by atoms with Gasteiger partial charge in [0.05, 0.1) is 12.2 Å². The molecule has 27 heavy (non-hydrogen) atoms. The molecule has 6 heteroatoms. The van der Waals surface area contributed by atoms with Crippen molar-refractivity contribution < 1.29 is 28.9 Å². The molecule has 2 bridgehead atoms. The van der Waals surface area contributed by atoms with Crippen molar-refractivity contribution in [2.45, 2.75) is 70.2 Å². The molecule has 0 saturated carbocycles. The number of ether oxygens (including phenoxy) is 3. The van der Waals surface area contributed by atoms with Crippen molar-refractivity contribution in [1.29, 1.82) is 0 Å². The molecule has 2 fully saturated rings. The van der Waals surface area contributed by atoms with Crippen molar-refractivity contribution in [2.75, 3.05) is 0 Å². The molecular formula is C21H28O6. The van der Waals surface area contributed by atoms with Crippen LogP contribution in [0.4, 0.5) is 0 Å². The summed E-state index contributed by atoms with van der Waals surface area (Å²) in [4.78, 5) is 24.8. The Labute approximate surface area is 159 Å². The second-order valence-electron chi connectivity index (χ2n) is 8.02. The minimum Gasteiger partial charge on any atom is -0.457 e. The number of aliphatic hydroxyl groups is 1. The van der Waals surface area contributed by atoms with Crippen LogP contribution in [0, 0.1) is 11.8 Å². The number of ketones is 1. The summed E-state index contributed by atoms with van der Waals surface area (Å²) in [5, 5.41) is 11.0. The maximum Gasteiger partial charge on any atom is 0.311 e. The van der Waals surface area contributed by atoms with E-state index in [9.17, 15) is 14.7 Å². The zero-order valence-corrected chi connectivity index (χ0v) is 16.1. The molecule has 0 aromatic heterocycles. The molecule has 7 atom stereocenters. The maximum absolute atomic E-state index is 12.6. The second kappa shape index (κ2) is 7.34. The van der Waals surface area contributed by atoms with Crippen LogP contribution in [0.5, 0.6) is 0 Å². The van der Waals surface area contributed by atoms with Crippen LogP contribution in [0.2, 0.25) is 0 Å². The molecule has 0 spiro atoms. The Morgan fingerprint density at radius 2 is 2.04 bits per heavy atom. The van der Waals surface area contributed by atoms with Gasteiger partial charge >= 0.3 is 5.97 Å². The average Bonchev–Trinajstić information content (AvgIpc) is 3.33. The van der Waals surface area contributed by atoms with Gasteiger partial charge in [-0.3, -0.25) is 9.59 Å². The number of esters is 1. The van der Waals surface area contributed by atoms with E-state index in [1.807, 2.05) is 13.8 Å². The van der Waals surface area contributed by atoms with E-state index in [1.165, 1.54) is 6.08 Å². The van der Waals surface area contributed by atoms with Crippen molar-refractivity contribution >= 4 is 11.8 Å². The molecule has 3 heterocycles. The highest BCUT2D eigenvalue weighted by Gasteiger charge is 2.54. The van der Waals surface area contributed by atoms with E-state index < -0.39 is 29.9 Å². The minimum absolute atomic E-state index is 0.102. The predicted molar refractivity (Wildman–Crippen MR) is 98.6 cm³/mol. The normalized spacial score (nSPS) is 41.9. The summed E-state index contributed by atoms with van der Waals surface area (Å²) in [6.45, 7) is 13.4. The third-order valence-corrected chi connectivity index (χ3v) is 5.91. The quantitative estimate of drug-likeness (QED) is 0.453. The molecular weight excluding hydrogens is 348 g/mol. The number of carbonyl (C=O) groups is 2. The van der Waals surface area contributed by atoms with Gasteiger partial charge < -0.3 is 19.3 Å². The third-order valence-electron chi connectivity index (χ3n) is 5.91. The third kappa shape index (κ3) is 4.23. The fraction of sp³-hybridized carbons (Fsp3) is 0.619. The Kier molecular flexibility index (Phi) is 5.43. The van der Waals surface area contributed by atoms with Gasteiger partial charge in [0, 0.05) is 18.3 Å². The number of rotatable bonds is 2. The molecule has 0 aromatic carbocycles. The highest BCUT2D eigenvalue weighted by atomic mass is 16.7. The largest absolute Gasteiger partial charge is 0.457 e. The van der Waals surface area contributed by atoms with Crippen molar-refractivity contribution in [3.05, 3.63) is 36.5 Å². The molecule has 3 rings (SSSR count). The summed E-state index contributed by atoms with van der Waals surface area (Å²) in [5.74, 6) is -2.99. The van der Waals surface area contributed by atoms with Gasteiger partial charge in [-0.25, -0.2) is 0 Å². The number of hydrogen-bond donors (Lipinski definition) is 1. The molecule has 1 N–H and O–H groups in total. The smallest absolute Gasteiger partial charge is 0.311 e. The fourth-order valence-corrected chi connectivity index (χ4v) is 3.64. The molecule has 0 aliphatic carbocycles. The van der Waals surface area contributed by atoms with Crippen LogP contribution in [-0.2, 0) is 23.8 Å². The molecule has 0 amide bonds. The van der Waals surface area contributed by atoms with Crippen molar-refractivity contribution in [3.8, 4) is 0 Å². The van der Waals surface area contributed by atoms with Crippen LogP contribution in [0.1, 0.15) is 40.0 Å². The Bertz CT molecular complexity index is 695. The molecule has 6 nitrogen and oxygen atoms in total. The van der Waals surface area contributed by atoms with Crippen molar-refractivity contribution in [2.24, 2.45) is 11.8 Å². The van der Waals surface area contributed by atoms with Crippen molar-refractivity contribution in [1.82, 2.24) is 0 Å². The standard InChI is InChI=1S/C21H28O6/c1-11(2)13(4)16-7-6-15(22)9-17-20(26-17)18-8-12(3)14(5)21(24,27-18)10-19(23)25-16/h6-7,13-14,16-18,20,24H,1,3,8-10H2,2,4-5H3/b7-6+/t13-,14-,16+,17+,18+,20-,21+/m0/s1. The maximum atomic E-state index is 12.6. The van der Waals surface area contributed by atoms with Gasteiger partial charge in [-0.2, -0.15) is 0 Å². The van der Waals surface area contributed by atoms with Gasteiger partial charge in [0.25, 0.3) is 0 Å². The van der Waals surface area contributed by atoms with Crippen LogP contribution in [0.15, 0.2) is 36.5 Å². The Balaban J connectivity index is 1.89. The lowest BCUT2D eigenvalue weighted by molar-refractivity contribution is -0.271. The molecule has 2 saturated heterocycles. The molecule has 148 valence electrons. The Morgan fingerprint density at radius 1 is 1.33 bits per heavy atom. The minimum atomic E-state index is -1.70. The van der Waals surface area contributed by atoms with E-state index in [0.29, 0.717) is 6.42 Å². The molecule has 0 radical (unpaired) electrons. The van der Waals surface area contributed by atoms with E-state index in [-0.39, 0.29) is 36.8 Å². The lowest BCUT2D eigenvalue weighted by Crippen LogP contribution is -2.51. The highest BCUT2D eigenvalue weighted by Crippen LogP contribution is 2.44. The van der Waals surface area contributed by atoms with Crippen LogP contribution in [-0.4, -0.2) is 47.1 Å². The van der Waals surface area contributed by atoms with Crippen LogP contribution < -0.4 is 0 Å². The Hall–Kier alpha value is -1.76. The van der Waals surface area contributed by atoms with Gasteiger partial charge in [0.15, 0.2) is 11.6 Å². The number of hydrogen-bond acceptors (Lipinski definition) is 6. The lowest BCUT2D eigenvalue weighted by atomic mass is 9.83. The molecule has 0 aromatic rings. The first-order valence-electron chi connectivity index (χ1n) is 9.40. The van der Waals surface area contributed by atoms with E-state index in [1.54, 1.807) is 13.0 Å². The lowest BCUT2D eigenvalue weighted by Gasteiger charge is -2.42. The van der Waals surface area contributed by atoms with Gasteiger partial charge in [-0.1, -0.05) is 38.2 Å². The zero-order valence-electron chi connectivity index (χ0n) is 16.1. The number of fused-ring (bicyclic) bond motifs is 4. The Morgan fingerprint density at radius 3 is 2.70 bits per heavy atom.